The molecule has 1 aliphatic heterocycles. The molecule has 0 spiro atoms. The molecular weight excluding hydrogens is 244 g/mol. The maximum atomic E-state index is 12.1. The van der Waals surface area contributed by atoms with E-state index in [1.165, 1.54) is 0 Å². The van der Waals surface area contributed by atoms with Crippen molar-refractivity contribution in [1.29, 1.82) is 0 Å². The van der Waals surface area contributed by atoms with Gasteiger partial charge in [-0.25, -0.2) is 4.79 Å². The van der Waals surface area contributed by atoms with Gasteiger partial charge in [-0.15, -0.1) is 0 Å². The van der Waals surface area contributed by atoms with Crippen LogP contribution in [0.15, 0.2) is 24.3 Å². The molecule has 0 unspecified atom stereocenters. The summed E-state index contributed by atoms with van der Waals surface area (Å²) >= 11 is 0. The van der Waals surface area contributed by atoms with Crippen molar-refractivity contribution in [1.82, 2.24) is 9.80 Å². The van der Waals surface area contributed by atoms with Crippen LogP contribution in [0.3, 0.4) is 0 Å². The van der Waals surface area contributed by atoms with Gasteiger partial charge in [-0.2, -0.15) is 0 Å². The molecule has 0 radical (unpaired) electrons. The van der Waals surface area contributed by atoms with E-state index in [9.17, 15) is 14.4 Å². The molecule has 4 amide bonds. The molecule has 1 saturated heterocycles. The van der Waals surface area contributed by atoms with Crippen molar-refractivity contribution in [2.45, 2.75) is 33.4 Å². The highest BCUT2D eigenvalue weighted by Crippen LogP contribution is 2.19. The molecule has 1 aliphatic rings. The number of aryl methyl sites for hydroxylation is 1. The molecule has 0 N–H and O–H groups in total. The summed E-state index contributed by atoms with van der Waals surface area (Å²) in [5, 5.41) is 0. The summed E-state index contributed by atoms with van der Waals surface area (Å²) in [6.07, 6.45) is 0. The molecule has 0 aliphatic carbocycles. The van der Waals surface area contributed by atoms with Crippen molar-refractivity contribution < 1.29 is 14.4 Å². The lowest BCUT2D eigenvalue weighted by Gasteiger charge is -2.18. The molecule has 100 valence electrons. The second kappa shape index (κ2) is 4.84. The molecule has 0 atom stereocenters. The fourth-order valence-corrected chi connectivity index (χ4v) is 2.07. The van der Waals surface area contributed by atoms with Crippen molar-refractivity contribution in [3.8, 4) is 0 Å². The largest absolute Gasteiger partial charge is 0.334 e. The summed E-state index contributed by atoms with van der Waals surface area (Å²) in [7, 11) is 0. The molecule has 5 nitrogen and oxygen atoms in total. The first-order valence-corrected chi connectivity index (χ1v) is 6.17. The fourth-order valence-electron chi connectivity index (χ4n) is 2.07. The minimum absolute atomic E-state index is 0.138. The van der Waals surface area contributed by atoms with Gasteiger partial charge in [0.05, 0.1) is 6.54 Å². The Kier molecular flexibility index (Phi) is 3.38. The van der Waals surface area contributed by atoms with E-state index in [1.807, 2.05) is 31.2 Å². The van der Waals surface area contributed by atoms with Crippen LogP contribution in [0, 0.1) is 6.92 Å². The minimum Gasteiger partial charge on any atom is -0.263 e. The van der Waals surface area contributed by atoms with Gasteiger partial charge in [-0.05, 0) is 31.9 Å². The number of amides is 4. The Balaban J connectivity index is 2.27. The SMILES string of the molecule is Cc1ccccc1CN1C(=O)C(=O)N(C(C)C)C1=O. The zero-order valence-electron chi connectivity index (χ0n) is 11.2. The Morgan fingerprint density at radius 2 is 1.68 bits per heavy atom. The Hall–Kier alpha value is -2.17. The van der Waals surface area contributed by atoms with E-state index in [1.54, 1.807) is 13.8 Å². The summed E-state index contributed by atoms with van der Waals surface area (Å²) in [5.41, 5.74) is 1.85. The van der Waals surface area contributed by atoms with E-state index in [0.29, 0.717) is 0 Å². The first-order chi connectivity index (χ1) is 8.93. The second-order valence-electron chi connectivity index (χ2n) is 4.87. The maximum Gasteiger partial charge on any atom is 0.334 e. The number of imide groups is 2. The molecule has 5 heteroatoms. The summed E-state index contributed by atoms with van der Waals surface area (Å²) in [6, 6.07) is 6.63. The van der Waals surface area contributed by atoms with Crippen molar-refractivity contribution in [2.24, 2.45) is 0 Å². The number of hydrogen-bond acceptors (Lipinski definition) is 3. The molecule has 0 saturated carbocycles. The number of nitrogens with zero attached hydrogens (tertiary/aromatic N) is 2. The lowest BCUT2D eigenvalue weighted by Crippen LogP contribution is -2.37. The monoisotopic (exact) mass is 260 g/mol. The van der Waals surface area contributed by atoms with E-state index in [4.69, 9.17) is 0 Å². The van der Waals surface area contributed by atoms with Crippen LogP contribution < -0.4 is 0 Å². The Bertz CT molecular complexity index is 551. The van der Waals surface area contributed by atoms with Gasteiger partial charge >= 0.3 is 17.8 Å². The number of carbonyl (C=O) groups is 3. The highest BCUT2D eigenvalue weighted by atomic mass is 16.2. The number of benzene rings is 1. The highest BCUT2D eigenvalue weighted by molar-refractivity contribution is 6.44. The van der Waals surface area contributed by atoms with Gasteiger partial charge in [0.25, 0.3) is 0 Å². The van der Waals surface area contributed by atoms with E-state index >= 15 is 0 Å². The summed E-state index contributed by atoms with van der Waals surface area (Å²) in [6.45, 7) is 5.46. The summed E-state index contributed by atoms with van der Waals surface area (Å²) in [5.74, 6) is -1.49. The number of rotatable bonds is 3. The predicted octanol–water partition coefficient (Wildman–Crippen LogP) is 1.69. The van der Waals surface area contributed by atoms with E-state index in [-0.39, 0.29) is 12.6 Å². The van der Waals surface area contributed by atoms with Crippen LogP contribution in [0.5, 0.6) is 0 Å². The van der Waals surface area contributed by atoms with Crippen LogP contribution in [0.4, 0.5) is 4.79 Å². The first kappa shape index (κ1) is 13.3. The van der Waals surface area contributed by atoms with Crippen molar-refractivity contribution in [3.63, 3.8) is 0 Å². The Morgan fingerprint density at radius 3 is 2.21 bits per heavy atom. The van der Waals surface area contributed by atoms with E-state index in [2.05, 4.69) is 0 Å². The molecule has 0 bridgehead atoms. The van der Waals surface area contributed by atoms with Gasteiger partial charge in [-0.3, -0.25) is 19.4 Å². The van der Waals surface area contributed by atoms with Gasteiger partial charge in [0.2, 0.25) is 0 Å². The van der Waals surface area contributed by atoms with Gasteiger partial charge in [0, 0.05) is 6.04 Å². The topological polar surface area (TPSA) is 57.7 Å². The summed E-state index contributed by atoms with van der Waals surface area (Å²) < 4.78 is 0. The van der Waals surface area contributed by atoms with Crippen molar-refractivity contribution >= 4 is 17.8 Å². The third-order valence-electron chi connectivity index (χ3n) is 3.19. The molecule has 1 aromatic rings. The summed E-state index contributed by atoms with van der Waals surface area (Å²) in [4.78, 5) is 37.7. The quantitative estimate of drug-likeness (QED) is 0.614. The van der Waals surface area contributed by atoms with E-state index < -0.39 is 17.8 Å². The standard InChI is InChI=1S/C14H16N2O3/c1-9(2)16-13(18)12(17)15(14(16)19)8-11-7-5-4-6-10(11)3/h4-7,9H,8H2,1-3H3. The zero-order chi connectivity index (χ0) is 14.2. The average molecular weight is 260 g/mol. The van der Waals surface area contributed by atoms with Crippen molar-refractivity contribution in [2.75, 3.05) is 0 Å². The normalized spacial score (nSPS) is 15.9. The third kappa shape index (κ3) is 2.23. The second-order valence-corrected chi connectivity index (χ2v) is 4.87. The van der Waals surface area contributed by atoms with Crippen LogP contribution >= 0.6 is 0 Å². The van der Waals surface area contributed by atoms with Crippen molar-refractivity contribution in [3.05, 3.63) is 35.4 Å². The molecule has 0 aromatic heterocycles. The lowest BCUT2D eigenvalue weighted by molar-refractivity contribution is -0.144. The van der Waals surface area contributed by atoms with Crippen LogP contribution in [-0.4, -0.2) is 33.7 Å². The smallest absolute Gasteiger partial charge is 0.263 e. The maximum absolute atomic E-state index is 12.1. The first-order valence-electron chi connectivity index (χ1n) is 6.17. The Morgan fingerprint density at radius 1 is 1.05 bits per heavy atom. The Labute approximate surface area is 111 Å². The van der Waals surface area contributed by atoms with Crippen LogP contribution in [-0.2, 0) is 16.1 Å². The van der Waals surface area contributed by atoms with E-state index in [0.717, 1.165) is 20.9 Å². The van der Waals surface area contributed by atoms with Gasteiger partial charge in [0.15, 0.2) is 0 Å². The molecule has 1 aromatic carbocycles. The third-order valence-corrected chi connectivity index (χ3v) is 3.19. The fraction of sp³-hybridized carbons (Fsp3) is 0.357. The zero-order valence-corrected chi connectivity index (χ0v) is 11.2. The van der Waals surface area contributed by atoms with Gasteiger partial charge in [0.1, 0.15) is 0 Å². The average Bonchev–Trinajstić information content (AvgIpc) is 2.56. The molecule has 1 heterocycles. The van der Waals surface area contributed by atoms with Crippen LogP contribution in [0.1, 0.15) is 25.0 Å². The molecule has 2 rings (SSSR count). The molecule has 19 heavy (non-hydrogen) atoms. The highest BCUT2D eigenvalue weighted by Gasteiger charge is 2.45. The molecule has 1 fully saturated rings. The predicted molar refractivity (Wildman–Crippen MR) is 69.1 cm³/mol. The minimum atomic E-state index is -0.748. The number of hydrogen-bond donors (Lipinski definition) is 0. The van der Waals surface area contributed by atoms with Crippen LogP contribution in [0.2, 0.25) is 0 Å². The van der Waals surface area contributed by atoms with Gasteiger partial charge in [-0.1, -0.05) is 24.3 Å². The van der Waals surface area contributed by atoms with Crippen LogP contribution in [0.25, 0.3) is 0 Å². The molecular formula is C14H16N2O3. The number of carbonyl (C=O) groups excluding carboxylic acids is 3. The number of urea groups is 1. The lowest BCUT2D eigenvalue weighted by atomic mass is 10.1. The van der Waals surface area contributed by atoms with Gasteiger partial charge < -0.3 is 0 Å².